The van der Waals surface area contributed by atoms with Crippen molar-refractivity contribution in [1.82, 2.24) is 20.2 Å². The molecule has 0 aliphatic carbocycles. The number of piperazine rings is 1. The minimum Gasteiger partial charge on any atom is -0.336 e. The van der Waals surface area contributed by atoms with Crippen molar-refractivity contribution in [3.63, 3.8) is 0 Å². The van der Waals surface area contributed by atoms with E-state index in [0.29, 0.717) is 36.9 Å². The Morgan fingerprint density at radius 2 is 2.00 bits per heavy atom. The van der Waals surface area contributed by atoms with Crippen molar-refractivity contribution in [2.45, 2.75) is 6.18 Å². The molecular formula is C16H15ClF3N5O. The lowest BCUT2D eigenvalue weighted by Crippen LogP contribution is -2.46. The van der Waals surface area contributed by atoms with Crippen LogP contribution < -0.4 is 10.6 Å². The Kier molecular flexibility index (Phi) is 5.28. The topological polar surface area (TPSA) is 70.2 Å². The molecule has 2 heterocycles. The Hall–Kier alpha value is -2.39. The molecule has 1 aliphatic rings. The van der Waals surface area contributed by atoms with Crippen LogP contribution in [-0.4, -0.2) is 47.0 Å². The summed E-state index contributed by atoms with van der Waals surface area (Å²) in [4.78, 5) is 21.2. The molecule has 0 unspecified atom stereocenters. The van der Waals surface area contributed by atoms with E-state index in [2.05, 4.69) is 20.6 Å². The van der Waals surface area contributed by atoms with Gasteiger partial charge >= 0.3 is 6.18 Å². The molecule has 0 atom stereocenters. The fourth-order valence-electron chi connectivity index (χ4n) is 2.55. The highest BCUT2D eigenvalue weighted by molar-refractivity contribution is 6.30. The summed E-state index contributed by atoms with van der Waals surface area (Å²) in [7, 11) is 0. The molecular weight excluding hydrogens is 371 g/mol. The summed E-state index contributed by atoms with van der Waals surface area (Å²) in [5, 5.41) is 6.11. The molecule has 1 aromatic carbocycles. The minimum absolute atomic E-state index is 0.267. The van der Waals surface area contributed by atoms with Gasteiger partial charge in [0.2, 0.25) is 5.95 Å². The van der Waals surface area contributed by atoms with Crippen molar-refractivity contribution >= 4 is 29.1 Å². The molecule has 10 heteroatoms. The molecule has 1 fully saturated rings. The molecule has 0 spiro atoms. The van der Waals surface area contributed by atoms with Gasteiger partial charge in [-0.3, -0.25) is 4.79 Å². The minimum atomic E-state index is -4.78. The number of halogens is 4. The molecule has 2 N–H and O–H groups in total. The van der Waals surface area contributed by atoms with Crippen LogP contribution in [0.2, 0.25) is 5.02 Å². The number of alkyl halides is 3. The lowest BCUT2D eigenvalue weighted by molar-refractivity contribution is -0.141. The molecule has 1 amide bonds. The van der Waals surface area contributed by atoms with Crippen molar-refractivity contribution in [3.05, 3.63) is 46.7 Å². The van der Waals surface area contributed by atoms with Crippen LogP contribution >= 0.6 is 11.6 Å². The SMILES string of the molecule is O=C(c1cnc(Nc2cccc(Cl)c2)nc1C(F)(F)F)N1CCNCC1. The zero-order valence-electron chi connectivity index (χ0n) is 13.5. The second kappa shape index (κ2) is 7.46. The lowest BCUT2D eigenvalue weighted by atomic mass is 10.2. The maximum Gasteiger partial charge on any atom is 0.434 e. The Morgan fingerprint density at radius 3 is 2.65 bits per heavy atom. The van der Waals surface area contributed by atoms with Gasteiger partial charge in [-0.1, -0.05) is 17.7 Å². The van der Waals surface area contributed by atoms with Gasteiger partial charge in [0.15, 0.2) is 5.69 Å². The van der Waals surface area contributed by atoms with E-state index in [4.69, 9.17) is 11.6 Å². The first-order chi connectivity index (χ1) is 12.3. The van der Waals surface area contributed by atoms with E-state index >= 15 is 0 Å². The lowest BCUT2D eigenvalue weighted by Gasteiger charge is -2.28. The molecule has 6 nitrogen and oxygen atoms in total. The first kappa shape index (κ1) is 18.4. The summed E-state index contributed by atoms with van der Waals surface area (Å²) in [6.45, 7) is 1.72. The summed E-state index contributed by atoms with van der Waals surface area (Å²) in [5.41, 5.74) is -1.39. The quantitative estimate of drug-likeness (QED) is 0.850. The van der Waals surface area contributed by atoms with Crippen LogP contribution in [0.15, 0.2) is 30.5 Å². The van der Waals surface area contributed by atoms with Crippen LogP contribution in [0.4, 0.5) is 24.8 Å². The van der Waals surface area contributed by atoms with Gasteiger partial charge in [-0.25, -0.2) is 9.97 Å². The normalized spacial score (nSPS) is 15.0. The third-order valence-corrected chi connectivity index (χ3v) is 4.01. The van der Waals surface area contributed by atoms with Crippen LogP contribution in [0, 0.1) is 0 Å². The van der Waals surface area contributed by atoms with Gasteiger partial charge in [0.25, 0.3) is 5.91 Å². The third kappa shape index (κ3) is 4.23. The van der Waals surface area contributed by atoms with Crippen LogP contribution in [0.25, 0.3) is 0 Å². The van der Waals surface area contributed by atoms with Crippen molar-refractivity contribution in [3.8, 4) is 0 Å². The second-order valence-electron chi connectivity index (χ2n) is 5.63. The molecule has 2 aromatic rings. The first-order valence-electron chi connectivity index (χ1n) is 7.81. The van der Waals surface area contributed by atoms with Gasteiger partial charge < -0.3 is 15.5 Å². The fraction of sp³-hybridized carbons (Fsp3) is 0.312. The van der Waals surface area contributed by atoms with Gasteiger partial charge in [0, 0.05) is 43.1 Å². The number of carbonyl (C=O) groups excluding carboxylic acids is 1. The number of nitrogens with one attached hydrogen (secondary N) is 2. The Morgan fingerprint density at radius 1 is 1.27 bits per heavy atom. The number of amides is 1. The van der Waals surface area contributed by atoms with E-state index < -0.39 is 23.3 Å². The number of hydrogen-bond donors (Lipinski definition) is 2. The third-order valence-electron chi connectivity index (χ3n) is 3.77. The Labute approximate surface area is 152 Å². The van der Waals surface area contributed by atoms with Gasteiger partial charge in [-0.05, 0) is 18.2 Å². The number of nitrogens with zero attached hydrogens (tertiary/aromatic N) is 3. The summed E-state index contributed by atoms with van der Waals surface area (Å²) >= 11 is 5.85. The van der Waals surface area contributed by atoms with E-state index in [1.54, 1.807) is 18.2 Å². The maximum absolute atomic E-state index is 13.4. The predicted molar refractivity (Wildman–Crippen MR) is 90.5 cm³/mol. The van der Waals surface area contributed by atoms with E-state index in [1.165, 1.54) is 11.0 Å². The number of aromatic nitrogens is 2. The van der Waals surface area contributed by atoms with Gasteiger partial charge in [0.05, 0.1) is 5.56 Å². The first-order valence-corrected chi connectivity index (χ1v) is 8.19. The molecule has 138 valence electrons. The Balaban J connectivity index is 1.92. The van der Waals surface area contributed by atoms with Crippen LogP contribution in [0.1, 0.15) is 16.1 Å². The molecule has 0 saturated carbocycles. The fourth-order valence-corrected chi connectivity index (χ4v) is 2.74. The number of rotatable bonds is 3. The molecule has 26 heavy (non-hydrogen) atoms. The smallest absolute Gasteiger partial charge is 0.336 e. The van der Waals surface area contributed by atoms with Crippen LogP contribution in [0.5, 0.6) is 0 Å². The summed E-state index contributed by atoms with van der Waals surface area (Å²) < 4.78 is 40.3. The predicted octanol–water partition coefficient (Wildman–Crippen LogP) is 2.94. The van der Waals surface area contributed by atoms with Crippen molar-refractivity contribution in [2.75, 3.05) is 31.5 Å². The zero-order valence-corrected chi connectivity index (χ0v) is 14.2. The van der Waals surface area contributed by atoms with E-state index in [0.717, 1.165) is 6.20 Å². The molecule has 1 aromatic heterocycles. The number of carbonyl (C=O) groups is 1. The molecule has 3 rings (SSSR count). The van der Waals surface area contributed by atoms with E-state index in [-0.39, 0.29) is 5.95 Å². The molecule has 1 saturated heterocycles. The molecule has 0 radical (unpaired) electrons. The van der Waals surface area contributed by atoms with Gasteiger partial charge in [-0.2, -0.15) is 13.2 Å². The molecule has 1 aliphatic heterocycles. The highest BCUT2D eigenvalue weighted by atomic mass is 35.5. The van der Waals surface area contributed by atoms with Crippen LogP contribution in [-0.2, 0) is 6.18 Å². The highest BCUT2D eigenvalue weighted by Crippen LogP contribution is 2.32. The van der Waals surface area contributed by atoms with E-state index in [9.17, 15) is 18.0 Å². The van der Waals surface area contributed by atoms with Crippen molar-refractivity contribution in [1.29, 1.82) is 0 Å². The number of benzene rings is 1. The average Bonchev–Trinajstić information content (AvgIpc) is 2.61. The van der Waals surface area contributed by atoms with Crippen LogP contribution in [0.3, 0.4) is 0 Å². The van der Waals surface area contributed by atoms with Crippen molar-refractivity contribution in [2.24, 2.45) is 0 Å². The van der Waals surface area contributed by atoms with Gasteiger partial charge in [0.1, 0.15) is 0 Å². The molecule has 0 bridgehead atoms. The maximum atomic E-state index is 13.4. The summed E-state index contributed by atoms with van der Waals surface area (Å²) in [6.07, 6.45) is -3.88. The highest BCUT2D eigenvalue weighted by Gasteiger charge is 2.39. The standard InChI is InChI=1S/C16H15ClF3N5O/c17-10-2-1-3-11(8-10)23-15-22-9-12(13(24-15)16(18,19)20)14(26)25-6-4-21-5-7-25/h1-3,8-9,21H,4-7H2,(H,22,23,24). The average molecular weight is 386 g/mol. The van der Waals surface area contributed by atoms with Crippen molar-refractivity contribution < 1.29 is 18.0 Å². The zero-order chi connectivity index (χ0) is 18.7. The summed E-state index contributed by atoms with van der Waals surface area (Å²) in [5.74, 6) is -0.996. The summed E-state index contributed by atoms with van der Waals surface area (Å²) in [6, 6.07) is 6.40. The second-order valence-corrected chi connectivity index (χ2v) is 6.07. The Bertz CT molecular complexity index is 809. The number of hydrogen-bond acceptors (Lipinski definition) is 5. The monoisotopic (exact) mass is 385 g/mol. The van der Waals surface area contributed by atoms with E-state index in [1.807, 2.05) is 0 Å². The number of anilines is 2. The van der Waals surface area contributed by atoms with Gasteiger partial charge in [-0.15, -0.1) is 0 Å². The largest absolute Gasteiger partial charge is 0.434 e.